The second-order valence-corrected chi connectivity index (χ2v) is 4.30. The molecule has 5 heteroatoms. The predicted octanol–water partition coefficient (Wildman–Crippen LogP) is 2.05. The third kappa shape index (κ3) is 2.45. The average Bonchev–Trinajstić information content (AvgIpc) is 2.75. The number of aromatic nitrogens is 3. The highest BCUT2D eigenvalue weighted by atomic mass is 16.5. The van der Waals surface area contributed by atoms with E-state index in [9.17, 15) is 0 Å². The van der Waals surface area contributed by atoms with Gasteiger partial charge in [0, 0.05) is 30.6 Å². The Bertz CT molecular complexity index is 548. The molecule has 18 heavy (non-hydrogen) atoms. The summed E-state index contributed by atoms with van der Waals surface area (Å²) in [6, 6.07) is 0. The van der Waals surface area contributed by atoms with E-state index in [1.807, 2.05) is 33.3 Å². The fraction of sp³-hybridized carbons (Fsp3) is 0.385. The van der Waals surface area contributed by atoms with Crippen molar-refractivity contribution in [3.8, 4) is 5.75 Å². The lowest BCUT2D eigenvalue weighted by Crippen LogP contribution is -2.05. The lowest BCUT2D eigenvalue weighted by molar-refractivity contribution is 0.407. The van der Waals surface area contributed by atoms with Crippen LogP contribution in [0.2, 0.25) is 0 Å². The largest absolute Gasteiger partial charge is 0.496 e. The van der Waals surface area contributed by atoms with Gasteiger partial charge in [-0.25, -0.2) is 0 Å². The molecular weight excluding hydrogens is 228 g/mol. The zero-order valence-electron chi connectivity index (χ0n) is 11.2. The van der Waals surface area contributed by atoms with Gasteiger partial charge in [-0.1, -0.05) is 0 Å². The van der Waals surface area contributed by atoms with Crippen LogP contribution in [0.1, 0.15) is 16.8 Å². The van der Waals surface area contributed by atoms with Crippen molar-refractivity contribution in [3.05, 3.63) is 35.4 Å². The van der Waals surface area contributed by atoms with Gasteiger partial charge in [0.15, 0.2) is 0 Å². The summed E-state index contributed by atoms with van der Waals surface area (Å²) in [5.74, 6) is 0.910. The van der Waals surface area contributed by atoms with E-state index in [-0.39, 0.29) is 0 Å². The first-order valence-corrected chi connectivity index (χ1v) is 5.83. The summed E-state index contributed by atoms with van der Waals surface area (Å²) in [6.07, 6.45) is 5.56. The maximum Gasteiger partial charge on any atom is 0.128 e. The predicted molar refractivity (Wildman–Crippen MR) is 70.8 cm³/mol. The molecule has 0 unspecified atom stereocenters. The number of methoxy groups -OCH3 is 1. The highest BCUT2D eigenvalue weighted by Gasteiger charge is 2.09. The zero-order valence-corrected chi connectivity index (χ0v) is 11.2. The molecule has 0 amide bonds. The van der Waals surface area contributed by atoms with Crippen LogP contribution in [-0.4, -0.2) is 21.9 Å². The van der Waals surface area contributed by atoms with Crippen molar-refractivity contribution in [1.29, 1.82) is 0 Å². The minimum Gasteiger partial charge on any atom is -0.496 e. The van der Waals surface area contributed by atoms with Crippen LogP contribution >= 0.6 is 0 Å². The minimum absolute atomic E-state index is 0.661. The molecule has 0 aliphatic rings. The van der Waals surface area contributed by atoms with Crippen LogP contribution in [0.5, 0.6) is 5.75 Å². The van der Waals surface area contributed by atoms with Gasteiger partial charge in [-0.05, 0) is 13.8 Å². The summed E-state index contributed by atoms with van der Waals surface area (Å²) in [4.78, 5) is 4.44. The molecule has 1 N–H and O–H groups in total. The molecule has 0 aliphatic carbocycles. The monoisotopic (exact) mass is 246 g/mol. The molecule has 0 bridgehead atoms. The van der Waals surface area contributed by atoms with E-state index in [0.717, 1.165) is 28.3 Å². The van der Waals surface area contributed by atoms with Crippen LogP contribution < -0.4 is 10.1 Å². The lowest BCUT2D eigenvalue weighted by Gasteiger charge is -2.12. The Hall–Kier alpha value is -2.04. The van der Waals surface area contributed by atoms with Gasteiger partial charge in [0.2, 0.25) is 0 Å². The van der Waals surface area contributed by atoms with Crippen LogP contribution in [0, 0.1) is 13.8 Å². The molecule has 2 heterocycles. The van der Waals surface area contributed by atoms with Crippen molar-refractivity contribution in [2.45, 2.75) is 20.4 Å². The Kier molecular flexibility index (Phi) is 3.50. The summed E-state index contributed by atoms with van der Waals surface area (Å²) in [5, 5.41) is 7.40. The molecular formula is C13H18N4O. The van der Waals surface area contributed by atoms with E-state index < -0.39 is 0 Å². The minimum atomic E-state index is 0.661. The van der Waals surface area contributed by atoms with Crippen LogP contribution in [0.25, 0.3) is 0 Å². The molecule has 0 aliphatic heterocycles. The average molecular weight is 246 g/mol. The van der Waals surface area contributed by atoms with Crippen molar-refractivity contribution >= 4 is 5.69 Å². The summed E-state index contributed by atoms with van der Waals surface area (Å²) in [7, 11) is 3.58. The van der Waals surface area contributed by atoms with Crippen molar-refractivity contribution in [2.24, 2.45) is 7.05 Å². The van der Waals surface area contributed by atoms with E-state index in [1.165, 1.54) is 0 Å². The van der Waals surface area contributed by atoms with Gasteiger partial charge >= 0.3 is 0 Å². The van der Waals surface area contributed by atoms with Crippen molar-refractivity contribution in [3.63, 3.8) is 0 Å². The molecule has 0 saturated heterocycles. The lowest BCUT2D eigenvalue weighted by atomic mass is 10.1. The Morgan fingerprint density at radius 1 is 1.33 bits per heavy atom. The topological polar surface area (TPSA) is 52.0 Å². The number of nitrogens with one attached hydrogen (secondary N) is 1. The van der Waals surface area contributed by atoms with Gasteiger partial charge in [0.05, 0.1) is 31.2 Å². The van der Waals surface area contributed by atoms with Crippen molar-refractivity contribution in [1.82, 2.24) is 14.8 Å². The standard InChI is InChI=1S/C13H18N4O/c1-9-5-15-12(10(2)13(9)18-4)7-14-11-6-16-17(3)8-11/h5-6,8,14H,7H2,1-4H3. The first kappa shape index (κ1) is 12.4. The number of hydrogen-bond donors (Lipinski definition) is 1. The SMILES string of the molecule is COc1c(C)cnc(CNc2cnn(C)c2)c1C. The number of nitrogens with zero attached hydrogens (tertiary/aromatic N) is 3. The molecule has 0 radical (unpaired) electrons. The van der Waals surface area contributed by atoms with Crippen molar-refractivity contribution in [2.75, 3.05) is 12.4 Å². The number of ether oxygens (including phenoxy) is 1. The number of rotatable bonds is 4. The van der Waals surface area contributed by atoms with E-state index in [2.05, 4.69) is 15.4 Å². The zero-order chi connectivity index (χ0) is 13.1. The van der Waals surface area contributed by atoms with Gasteiger partial charge in [-0.3, -0.25) is 9.67 Å². The first-order chi connectivity index (χ1) is 8.61. The van der Waals surface area contributed by atoms with Crippen LogP contribution in [0.4, 0.5) is 5.69 Å². The Labute approximate surface area is 107 Å². The molecule has 0 fully saturated rings. The molecule has 0 saturated carbocycles. The van der Waals surface area contributed by atoms with Gasteiger partial charge < -0.3 is 10.1 Å². The maximum absolute atomic E-state index is 5.39. The number of pyridine rings is 1. The second kappa shape index (κ2) is 5.08. The number of anilines is 1. The van der Waals surface area contributed by atoms with Crippen LogP contribution in [0.3, 0.4) is 0 Å². The summed E-state index contributed by atoms with van der Waals surface area (Å²) < 4.78 is 7.15. The fourth-order valence-electron chi connectivity index (χ4n) is 1.95. The molecule has 96 valence electrons. The van der Waals surface area contributed by atoms with Gasteiger partial charge in [-0.2, -0.15) is 5.10 Å². The third-order valence-corrected chi connectivity index (χ3v) is 2.91. The van der Waals surface area contributed by atoms with Gasteiger partial charge in [0.1, 0.15) is 5.75 Å². The fourth-order valence-corrected chi connectivity index (χ4v) is 1.95. The van der Waals surface area contributed by atoms with E-state index in [1.54, 1.807) is 18.0 Å². The summed E-state index contributed by atoms with van der Waals surface area (Å²) >= 11 is 0. The Morgan fingerprint density at radius 2 is 2.11 bits per heavy atom. The smallest absolute Gasteiger partial charge is 0.128 e. The quantitative estimate of drug-likeness (QED) is 0.897. The van der Waals surface area contributed by atoms with Gasteiger partial charge in [0.25, 0.3) is 0 Å². The molecule has 0 atom stereocenters. The number of hydrogen-bond acceptors (Lipinski definition) is 4. The Balaban J connectivity index is 2.14. The third-order valence-electron chi connectivity index (χ3n) is 2.91. The Morgan fingerprint density at radius 3 is 2.72 bits per heavy atom. The van der Waals surface area contributed by atoms with E-state index in [0.29, 0.717) is 6.54 Å². The van der Waals surface area contributed by atoms with E-state index >= 15 is 0 Å². The highest BCUT2D eigenvalue weighted by Crippen LogP contribution is 2.24. The van der Waals surface area contributed by atoms with Crippen LogP contribution in [-0.2, 0) is 13.6 Å². The molecule has 5 nitrogen and oxygen atoms in total. The molecule has 0 aromatic carbocycles. The maximum atomic E-state index is 5.39. The highest BCUT2D eigenvalue weighted by molar-refractivity contribution is 5.44. The molecule has 2 rings (SSSR count). The summed E-state index contributed by atoms with van der Waals surface area (Å²) in [6.45, 7) is 4.68. The normalized spacial score (nSPS) is 10.4. The first-order valence-electron chi connectivity index (χ1n) is 5.83. The second-order valence-electron chi connectivity index (χ2n) is 4.30. The van der Waals surface area contributed by atoms with Crippen LogP contribution in [0.15, 0.2) is 18.6 Å². The molecule has 2 aromatic heterocycles. The van der Waals surface area contributed by atoms with E-state index in [4.69, 9.17) is 4.74 Å². The molecule has 0 spiro atoms. The summed E-state index contributed by atoms with van der Waals surface area (Å²) in [5.41, 5.74) is 4.11. The van der Waals surface area contributed by atoms with Crippen molar-refractivity contribution < 1.29 is 4.74 Å². The molecule has 2 aromatic rings. The number of aryl methyl sites for hydroxylation is 2. The van der Waals surface area contributed by atoms with Gasteiger partial charge in [-0.15, -0.1) is 0 Å².